The minimum absolute atomic E-state index is 0.0244. The third kappa shape index (κ3) is 3.05. The highest BCUT2D eigenvalue weighted by atomic mass is 16.2. The number of carbonyl (C=O) groups excluding carboxylic acids is 1. The van der Waals surface area contributed by atoms with Crippen molar-refractivity contribution in [3.8, 4) is 0 Å². The molecule has 3 atom stereocenters. The average molecular weight is 287 g/mol. The van der Waals surface area contributed by atoms with Gasteiger partial charge in [-0.1, -0.05) is 25.0 Å². The van der Waals surface area contributed by atoms with Crippen molar-refractivity contribution in [2.45, 2.75) is 51.1 Å². The third-order valence-electron chi connectivity index (χ3n) is 4.96. The number of carbonyl (C=O) groups is 1. The molecule has 0 aromatic heterocycles. The van der Waals surface area contributed by atoms with E-state index in [1.54, 1.807) is 0 Å². The van der Waals surface area contributed by atoms with Crippen LogP contribution in [0.2, 0.25) is 0 Å². The lowest BCUT2D eigenvalue weighted by Gasteiger charge is -2.31. The lowest BCUT2D eigenvalue weighted by molar-refractivity contribution is 0.182. The molecule has 3 N–H and O–H groups in total. The molecule has 21 heavy (non-hydrogen) atoms. The number of hydrogen-bond acceptors (Lipinski definition) is 2. The highest BCUT2D eigenvalue weighted by Gasteiger charge is 2.38. The van der Waals surface area contributed by atoms with Gasteiger partial charge >= 0.3 is 6.03 Å². The van der Waals surface area contributed by atoms with E-state index in [2.05, 4.69) is 5.32 Å². The highest BCUT2D eigenvalue weighted by Crippen LogP contribution is 2.36. The zero-order valence-corrected chi connectivity index (χ0v) is 12.7. The van der Waals surface area contributed by atoms with Crippen molar-refractivity contribution < 1.29 is 4.79 Å². The van der Waals surface area contributed by atoms with Gasteiger partial charge in [0.25, 0.3) is 0 Å². The minimum atomic E-state index is 0.0244. The first kappa shape index (κ1) is 14.4. The topological polar surface area (TPSA) is 58.4 Å². The molecule has 4 heteroatoms. The monoisotopic (exact) mass is 287 g/mol. The van der Waals surface area contributed by atoms with Gasteiger partial charge in [0.05, 0.1) is 0 Å². The van der Waals surface area contributed by atoms with E-state index >= 15 is 0 Å². The van der Waals surface area contributed by atoms with Crippen LogP contribution in [0.4, 0.5) is 10.5 Å². The molecule has 2 fully saturated rings. The first-order valence-corrected chi connectivity index (χ1v) is 8.08. The Kier molecular flexibility index (Phi) is 4.15. The second kappa shape index (κ2) is 6.06. The van der Waals surface area contributed by atoms with Crippen LogP contribution in [0.5, 0.6) is 0 Å². The molecule has 0 bridgehead atoms. The SMILES string of the molecule is CC(N)c1ccc(NC(=O)N2CCC3CCCCC32)cc1. The average Bonchev–Trinajstić information content (AvgIpc) is 2.92. The Morgan fingerprint density at radius 1 is 1.24 bits per heavy atom. The first-order chi connectivity index (χ1) is 10.1. The van der Waals surface area contributed by atoms with Crippen LogP contribution in [-0.4, -0.2) is 23.5 Å². The molecule has 1 saturated carbocycles. The number of nitrogens with one attached hydrogen (secondary N) is 1. The van der Waals surface area contributed by atoms with Gasteiger partial charge in [-0.25, -0.2) is 4.79 Å². The molecule has 1 aliphatic carbocycles. The summed E-state index contributed by atoms with van der Waals surface area (Å²) in [6, 6.07) is 8.37. The predicted molar refractivity (Wildman–Crippen MR) is 85.1 cm³/mol. The number of rotatable bonds is 2. The molecule has 114 valence electrons. The molecule has 1 aromatic rings. The summed E-state index contributed by atoms with van der Waals surface area (Å²) in [7, 11) is 0. The van der Waals surface area contributed by atoms with E-state index in [9.17, 15) is 4.79 Å². The summed E-state index contributed by atoms with van der Waals surface area (Å²) < 4.78 is 0. The molecule has 0 radical (unpaired) electrons. The number of nitrogens with two attached hydrogens (primary N) is 1. The van der Waals surface area contributed by atoms with Crippen molar-refractivity contribution in [1.29, 1.82) is 0 Å². The number of likely N-dealkylation sites (tertiary alicyclic amines) is 1. The van der Waals surface area contributed by atoms with E-state index < -0.39 is 0 Å². The third-order valence-corrected chi connectivity index (χ3v) is 4.96. The van der Waals surface area contributed by atoms with Gasteiger partial charge < -0.3 is 16.0 Å². The summed E-state index contributed by atoms with van der Waals surface area (Å²) >= 11 is 0. The number of anilines is 1. The van der Waals surface area contributed by atoms with Gasteiger partial charge in [0.1, 0.15) is 0 Å². The summed E-state index contributed by atoms with van der Waals surface area (Å²) in [5, 5.41) is 3.03. The summed E-state index contributed by atoms with van der Waals surface area (Å²) in [6.45, 7) is 2.86. The number of benzene rings is 1. The van der Waals surface area contributed by atoms with Gasteiger partial charge in [-0.15, -0.1) is 0 Å². The molecule has 3 rings (SSSR count). The van der Waals surface area contributed by atoms with Crippen LogP contribution >= 0.6 is 0 Å². The van der Waals surface area contributed by atoms with E-state index in [4.69, 9.17) is 5.73 Å². The Bertz CT molecular complexity index is 497. The zero-order valence-electron chi connectivity index (χ0n) is 12.7. The second-order valence-electron chi connectivity index (χ2n) is 6.43. The van der Waals surface area contributed by atoms with Crippen LogP contribution in [0.25, 0.3) is 0 Å². The Balaban J connectivity index is 1.63. The fourth-order valence-electron chi connectivity index (χ4n) is 3.72. The van der Waals surface area contributed by atoms with Gasteiger partial charge in [-0.2, -0.15) is 0 Å². The molecule has 3 unspecified atom stereocenters. The lowest BCUT2D eigenvalue weighted by atomic mass is 9.85. The predicted octanol–water partition coefficient (Wildman–Crippen LogP) is 3.50. The Morgan fingerprint density at radius 3 is 2.67 bits per heavy atom. The molecular formula is C17H25N3O. The van der Waals surface area contributed by atoms with Crippen molar-refractivity contribution in [3.63, 3.8) is 0 Å². The first-order valence-electron chi connectivity index (χ1n) is 8.08. The number of hydrogen-bond donors (Lipinski definition) is 2. The molecule has 2 aliphatic rings. The standard InChI is InChI=1S/C17H25N3O/c1-12(18)13-6-8-15(9-7-13)19-17(21)20-11-10-14-4-2-3-5-16(14)20/h6-9,12,14,16H,2-5,10-11,18H2,1H3,(H,19,21). The van der Waals surface area contributed by atoms with Crippen molar-refractivity contribution >= 4 is 11.7 Å². The van der Waals surface area contributed by atoms with E-state index in [1.807, 2.05) is 36.1 Å². The Labute approximate surface area is 126 Å². The van der Waals surface area contributed by atoms with Crippen molar-refractivity contribution in [1.82, 2.24) is 4.90 Å². The summed E-state index contributed by atoms with van der Waals surface area (Å²) in [5.41, 5.74) is 7.78. The molecule has 1 aromatic carbocycles. The largest absolute Gasteiger partial charge is 0.324 e. The quantitative estimate of drug-likeness (QED) is 0.874. The van der Waals surface area contributed by atoms with Gasteiger partial charge in [0.2, 0.25) is 0 Å². The van der Waals surface area contributed by atoms with Crippen molar-refractivity contribution in [3.05, 3.63) is 29.8 Å². The van der Waals surface area contributed by atoms with Gasteiger partial charge in [-0.05, 0) is 49.8 Å². The molecule has 1 heterocycles. The van der Waals surface area contributed by atoms with Crippen LogP contribution in [0.15, 0.2) is 24.3 Å². The van der Waals surface area contributed by atoms with Crippen molar-refractivity contribution in [2.75, 3.05) is 11.9 Å². The fourth-order valence-corrected chi connectivity index (χ4v) is 3.72. The second-order valence-corrected chi connectivity index (χ2v) is 6.43. The molecular weight excluding hydrogens is 262 g/mol. The van der Waals surface area contributed by atoms with Crippen LogP contribution in [0.1, 0.15) is 50.6 Å². The van der Waals surface area contributed by atoms with Crippen molar-refractivity contribution in [2.24, 2.45) is 11.7 Å². The summed E-state index contributed by atoms with van der Waals surface area (Å²) in [4.78, 5) is 14.5. The van der Waals surface area contributed by atoms with Gasteiger partial charge in [0.15, 0.2) is 0 Å². The minimum Gasteiger partial charge on any atom is -0.324 e. The molecule has 4 nitrogen and oxygen atoms in total. The highest BCUT2D eigenvalue weighted by molar-refractivity contribution is 5.89. The number of fused-ring (bicyclic) bond motifs is 1. The maximum absolute atomic E-state index is 12.5. The molecule has 0 spiro atoms. The zero-order chi connectivity index (χ0) is 14.8. The van der Waals surface area contributed by atoms with E-state index in [-0.39, 0.29) is 12.1 Å². The van der Waals surface area contributed by atoms with Crippen LogP contribution in [0, 0.1) is 5.92 Å². The molecule has 1 saturated heterocycles. The van der Waals surface area contributed by atoms with Crippen LogP contribution < -0.4 is 11.1 Å². The van der Waals surface area contributed by atoms with E-state index in [1.165, 1.54) is 32.1 Å². The number of nitrogens with zero attached hydrogens (tertiary/aromatic N) is 1. The van der Waals surface area contributed by atoms with E-state index in [0.717, 1.165) is 23.7 Å². The smallest absolute Gasteiger partial charge is 0.322 e. The van der Waals surface area contributed by atoms with Crippen LogP contribution in [-0.2, 0) is 0 Å². The maximum Gasteiger partial charge on any atom is 0.322 e. The Morgan fingerprint density at radius 2 is 1.95 bits per heavy atom. The van der Waals surface area contributed by atoms with Gasteiger partial charge in [0, 0.05) is 24.3 Å². The van der Waals surface area contributed by atoms with Gasteiger partial charge in [-0.3, -0.25) is 0 Å². The molecule has 2 amide bonds. The summed E-state index contributed by atoms with van der Waals surface area (Å²) in [5.74, 6) is 0.727. The number of amides is 2. The summed E-state index contributed by atoms with van der Waals surface area (Å²) in [6.07, 6.45) is 6.21. The lowest BCUT2D eigenvalue weighted by Crippen LogP contribution is -2.41. The van der Waals surface area contributed by atoms with E-state index in [0.29, 0.717) is 6.04 Å². The fraction of sp³-hybridized carbons (Fsp3) is 0.588. The maximum atomic E-state index is 12.5. The number of urea groups is 1. The molecule has 1 aliphatic heterocycles. The normalized spacial score (nSPS) is 26.3. The Hall–Kier alpha value is -1.55. The van der Waals surface area contributed by atoms with Crippen LogP contribution in [0.3, 0.4) is 0 Å².